The highest BCUT2D eigenvalue weighted by atomic mass is 16.5. The maximum atomic E-state index is 10.8. The minimum Gasteiger partial charge on any atom is -0.480 e. The Hall–Kier alpha value is -0.650. The van der Waals surface area contributed by atoms with Crippen LogP contribution in [0.15, 0.2) is 0 Å². The normalized spacial score (nSPS) is 26.2. The van der Waals surface area contributed by atoms with Crippen LogP contribution in [0.5, 0.6) is 0 Å². The van der Waals surface area contributed by atoms with E-state index in [0.29, 0.717) is 6.54 Å². The second-order valence-electron chi connectivity index (χ2n) is 3.23. The van der Waals surface area contributed by atoms with Gasteiger partial charge in [0.2, 0.25) is 0 Å². The molecule has 0 aromatic carbocycles. The predicted octanol–water partition coefficient (Wildman–Crippen LogP) is -0.881. The van der Waals surface area contributed by atoms with Gasteiger partial charge in [-0.05, 0) is 6.42 Å². The lowest BCUT2D eigenvalue weighted by atomic mass is 10.2. The average Bonchev–Trinajstić information content (AvgIpc) is 2.53. The Kier molecular flexibility index (Phi) is 3.65. The molecule has 5 heteroatoms. The molecule has 13 heavy (non-hydrogen) atoms. The lowest BCUT2D eigenvalue weighted by Crippen LogP contribution is -2.45. The van der Waals surface area contributed by atoms with E-state index in [1.165, 1.54) is 0 Å². The SMILES string of the molecule is COC1CCN(C(CN)C(=O)O)C1. The summed E-state index contributed by atoms with van der Waals surface area (Å²) in [7, 11) is 1.65. The van der Waals surface area contributed by atoms with Gasteiger partial charge >= 0.3 is 5.97 Å². The third kappa shape index (κ3) is 2.40. The van der Waals surface area contributed by atoms with Crippen molar-refractivity contribution in [3.05, 3.63) is 0 Å². The van der Waals surface area contributed by atoms with Crippen LogP contribution in [0, 0.1) is 0 Å². The third-order valence-corrected chi connectivity index (χ3v) is 2.46. The predicted molar refractivity (Wildman–Crippen MR) is 47.5 cm³/mol. The number of aliphatic carboxylic acids is 1. The fourth-order valence-corrected chi connectivity index (χ4v) is 1.64. The number of carboxylic acids is 1. The summed E-state index contributed by atoms with van der Waals surface area (Å²) < 4.78 is 5.14. The number of methoxy groups -OCH3 is 1. The van der Waals surface area contributed by atoms with E-state index in [1.807, 2.05) is 4.90 Å². The zero-order valence-electron chi connectivity index (χ0n) is 7.77. The molecule has 0 amide bonds. The van der Waals surface area contributed by atoms with Gasteiger partial charge < -0.3 is 15.6 Å². The van der Waals surface area contributed by atoms with Gasteiger partial charge in [0.15, 0.2) is 0 Å². The van der Waals surface area contributed by atoms with Crippen molar-refractivity contribution in [2.24, 2.45) is 5.73 Å². The summed E-state index contributed by atoms with van der Waals surface area (Å²) in [6.45, 7) is 1.59. The molecule has 1 rings (SSSR count). The maximum absolute atomic E-state index is 10.8. The van der Waals surface area contributed by atoms with E-state index < -0.39 is 12.0 Å². The van der Waals surface area contributed by atoms with Gasteiger partial charge in [0, 0.05) is 26.7 Å². The summed E-state index contributed by atoms with van der Waals surface area (Å²) >= 11 is 0. The molecule has 3 N–H and O–H groups in total. The van der Waals surface area contributed by atoms with Gasteiger partial charge in [-0.2, -0.15) is 0 Å². The van der Waals surface area contributed by atoms with Gasteiger partial charge in [-0.3, -0.25) is 9.69 Å². The standard InChI is InChI=1S/C8H16N2O3/c1-13-6-2-3-10(5-6)7(4-9)8(11)12/h6-7H,2-5,9H2,1H3,(H,11,12). The Bertz CT molecular complexity index is 186. The quantitative estimate of drug-likeness (QED) is 0.599. The first kappa shape index (κ1) is 10.4. The number of hydrogen-bond donors (Lipinski definition) is 2. The monoisotopic (exact) mass is 188 g/mol. The van der Waals surface area contributed by atoms with Gasteiger partial charge in [0.25, 0.3) is 0 Å². The molecule has 0 saturated carbocycles. The van der Waals surface area contributed by atoms with E-state index in [4.69, 9.17) is 15.6 Å². The fourth-order valence-electron chi connectivity index (χ4n) is 1.64. The smallest absolute Gasteiger partial charge is 0.322 e. The summed E-state index contributed by atoms with van der Waals surface area (Å²) in [5.41, 5.74) is 5.38. The molecule has 2 unspecified atom stereocenters. The van der Waals surface area contributed by atoms with Crippen LogP contribution in [0.25, 0.3) is 0 Å². The highest BCUT2D eigenvalue weighted by Gasteiger charge is 2.31. The molecule has 0 aromatic heterocycles. The molecule has 5 nitrogen and oxygen atoms in total. The topological polar surface area (TPSA) is 75.8 Å². The van der Waals surface area contributed by atoms with Crippen LogP contribution >= 0.6 is 0 Å². The lowest BCUT2D eigenvalue weighted by molar-refractivity contribution is -0.142. The Balaban J connectivity index is 2.48. The van der Waals surface area contributed by atoms with Crippen molar-refractivity contribution in [1.29, 1.82) is 0 Å². The Morgan fingerprint density at radius 3 is 2.92 bits per heavy atom. The molecule has 1 saturated heterocycles. The van der Waals surface area contributed by atoms with Crippen LogP contribution in [-0.4, -0.2) is 54.9 Å². The van der Waals surface area contributed by atoms with Gasteiger partial charge in [0.1, 0.15) is 6.04 Å². The summed E-state index contributed by atoms with van der Waals surface area (Å²) in [5.74, 6) is -0.848. The molecule has 0 radical (unpaired) electrons. The molecule has 2 atom stereocenters. The molecule has 1 aliphatic heterocycles. The molecule has 1 aliphatic rings. The maximum Gasteiger partial charge on any atom is 0.322 e. The summed E-state index contributed by atoms with van der Waals surface area (Å²) in [6, 6.07) is -0.555. The number of rotatable bonds is 4. The summed E-state index contributed by atoms with van der Waals surface area (Å²) in [6.07, 6.45) is 1.05. The second-order valence-corrected chi connectivity index (χ2v) is 3.23. The number of carbonyl (C=O) groups is 1. The van der Waals surface area contributed by atoms with Crippen LogP contribution in [0.2, 0.25) is 0 Å². The van der Waals surface area contributed by atoms with Gasteiger partial charge in [-0.15, -0.1) is 0 Å². The number of nitrogens with two attached hydrogens (primary N) is 1. The first-order chi connectivity index (χ1) is 6.19. The van der Waals surface area contributed by atoms with E-state index in [0.717, 1.165) is 13.0 Å². The second kappa shape index (κ2) is 4.55. The number of nitrogens with zero attached hydrogens (tertiary/aromatic N) is 1. The number of likely N-dealkylation sites (tertiary alicyclic amines) is 1. The lowest BCUT2D eigenvalue weighted by Gasteiger charge is -2.22. The molecule has 0 aromatic rings. The van der Waals surface area contributed by atoms with E-state index in [-0.39, 0.29) is 12.6 Å². The highest BCUT2D eigenvalue weighted by Crippen LogP contribution is 2.14. The zero-order valence-corrected chi connectivity index (χ0v) is 7.77. The molecule has 0 aliphatic carbocycles. The van der Waals surface area contributed by atoms with Crippen molar-refractivity contribution in [2.75, 3.05) is 26.7 Å². The van der Waals surface area contributed by atoms with E-state index in [2.05, 4.69) is 0 Å². The van der Waals surface area contributed by atoms with Crippen LogP contribution < -0.4 is 5.73 Å². The molecular formula is C8H16N2O3. The van der Waals surface area contributed by atoms with Crippen molar-refractivity contribution < 1.29 is 14.6 Å². The molecule has 0 bridgehead atoms. The number of carboxylic acid groups (broad SMARTS) is 1. The van der Waals surface area contributed by atoms with Gasteiger partial charge in [-0.25, -0.2) is 0 Å². The average molecular weight is 188 g/mol. The van der Waals surface area contributed by atoms with Crippen LogP contribution in [-0.2, 0) is 9.53 Å². The van der Waals surface area contributed by atoms with E-state index in [9.17, 15) is 4.79 Å². The van der Waals surface area contributed by atoms with Gasteiger partial charge in [-0.1, -0.05) is 0 Å². The molecule has 0 spiro atoms. The van der Waals surface area contributed by atoms with Crippen LogP contribution in [0.4, 0.5) is 0 Å². The van der Waals surface area contributed by atoms with Crippen molar-refractivity contribution >= 4 is 5.97 Å². The molecule has 1 heterocycles. The fraction of sp³-hybridized carbons (Fsp3) is 0.875. The number of ether oxygens (including phenoxy) is 1. The molecule has 76 valence electrons. The highest BCUT2D eigenvalue weighted by molar-refractivity contribution is 5.73. The molecular weight excluding hydrogens is 172 g/mol. The van der Waals surface area contributed by atoms with Crippen molar-refractivity contribution in [3.63, 3.8) is 0 Å². The van der Waals surface area contributed by atoms with Gasteiger partial charge in [0.05, 0.1) is 6.10 Å². The number of hydrogen-bond acceptors (Lipinski definition) is 4. The molecule has 1 fully saturated rings. The van der Waals surface area contributed by atoms with E-state index in [1.54, 1.807) is 7.11 Å². The Morgan fingerprint density at radius 1 is 1.85 bits per heavy atom. The van der Waals surface area contributed by atoms with Crippen LogP contribution in [0.3, 0.4) is 0 Å². The van der Waals surface area contributed by atoms with E-state index >= 15 is 0 Å². The first-order valence-electron chi connectivity index (χ1n) is 4.38. The summed E-state index contributed by atoms with van der Waals surface area (Å²) in [4.78, 5) is 12.6. The third-order valence-electron chi connectivity index (χ3n) is 2.46. The largest absolute Gasteiger partial charge is 0.480 e. The minimum absolute atomic E-state index is 0.158. The Morgan fingerprint density at radius 2 is 2.54 bits per heavy atom. The van der Waals surface area contributed by atoms with Crippen molar-refractivity contribution in [1.82, 2.24) is 4.90 Å². The van der Waals surface area contributed by atoms with Crippen molar-refractivity contribution in [2.45, 2.75) is 18.6 Å². The van der Waals surface area contributed by atoms with Crippen LogP contribution in [0.1, 0.15) is 6.42 Å². The first-order valence-corrected chi connectivity index (χ1v) is 4.38. The minimum atomic E-state index is -0.848. The zero-order chi connectivity index (χ0) is 9.84. The van der Waals surface area contributed by atoms with Crippen molar-refractivity contribution in [3.8, 4) is 0 Å². The Labute approximate surface area is 77.5 Å². The summed E-state index contributed by atoms with van der Waals surface area (Å²) in [5, 5.41) is 8.83.